The highest BCUT2D eigenvalue weighted by atomic mass is 16.5. The second-order valence-electron chi connectivity index (χ2n) is 8.71. The number of allylic oxidation sites excluding steroid dienone is 2. The van der Waals surface area contributed by atoms with Crippen molar-refractivity contribution in [3.8, 4) is 28.3 Å². The van der Waals surface area contributed by atoms with Gasteiger partial charge in [0.2, 0.25) is 5.89 Å². The van der Waals surface area contributed by atoms with E-state index in [1.807, 2.05) is 72.8 Å². The van der Waals surface area contributed by atoms with E-state index in [1.54, 1.807) is 0 Å². The van der Waals surface area contributed by atoms with Crippen LogP contribution in [0.3, 0.4) is 0 Å². The molecule has 1 atom stereocenters. The van der Waals surface area contributed by atoms with Crippen LogP contribution in [0, 0.1) is 5.92 Å². The Bertz CT molecular complexity index is 1270. The van der Waals surface area contributed by atoms with Gasteiger partial charge in [-0.3, -0.25) is 0 Å². The van der Waals surface area contributed by atoms with Crippen LogP contribution in [-0.4, -0.2) is 22.7 Å². The van der Waals surface area contributed by atoms with Gasteiger partial charge in [0, 0.05) is 16.7 Å². The van der Waals surface area contributed by atoms with Gasteiger partial charge in [-0.1, -0.05) is 84.9 Å². The van der Waals surface area contributed by atoms with Crippen molar-refractivity contribution in [3.63, 3.8) is 0 Å². The van der Waals surface area contributed by atoms with Crippen molar-refractivity contribution < 1.29 is 19.1 Å². The first kappa shape index (κ1) is 22.7. The molecule has 1 N–H and O–H groups in total. The lowest BCUT2D eigenvalue weighted by atomic mass is 9.83. The van der Waals surface area contributed by atoms with Gasteiger partial charge < -0.3 is 14.3 Å². The SMILES string of the molecule is O=C(O)COc1ccccc1CC1CCCC=C1c1nc(-c2ccccc2)c(-c2ccccc2)o1. The summed E-state index contributed by atoms with van der Waals surface area (Å²) < 4.78 is 12.0. The summed E-state index contributed by atoms with van der Waals surface area (Å²) in [6.45, 7) is -0.356. The van der Waals surface area contributed by atoms with Crippen LogP contribution in [0.25, 0.3) is 28.2 Å². The fraction of sp³-hybridized carbons (Fsp3) is 0.200. The summed E-state index contributed by atoms with van der Waals surface area (Å²) in [6, 6.07) is 27.9. The minimum Gasteiger partial charge on any atom is -0.482 e. The van der Waals surface area contributed by atoms with Gasteiger partial charge in [0.25, 0.3) is 0 Å². The normalized spacial score (nSPS) is 15.4. The van der Waals surface area contributed by atoms with Crippen LogP contribution in [0.1, 0.15) is 30.7 Å². The van der Waals surface area contributed by atoms with Crippen LogP contribution in [0.15, 0.2) is 95.4 Å². The van der Waals surface area contributed by atoms with E-state index in [9.17, 15) is 4.79 Å². The number of carboxylic acid groups (broad SMARTS) is 1. The summed E-state index contributed by atoms with van der Waals surface area (Å²) in [7, 11) is 0. The number of rotatable bonds is 8. The molecule has 35 heavy (non-hydrogen) atoms. The number of para-hydroxylation sites is 1. The van der Waals surface area contributed by atoms with Crippen molar-refractivity contribution >= 4 is 11.5 Å². The zero-order valence-electron chi connectivity index (χ0n) is 19.4. The third-order valence-corrected chi connectivity index (χ3v) is 6.31. The van der Waals surface area contributed by atoms with E-state index < -0.39 is 5.97 Å². The molecule has 1 aliphatic carbocycles. The molecule has 5 rings (SSSR count). The Morgan fingerprint density at radius 1 is 0.943 bits per heavy atom. The quantitative estimate of drug-likeness (QED) is 0.306. The monoisotopic (exact) mass is 465 g/mol. The van der Waals surface area contributed by atoms with E-state index in [4.69, 9.17) is 19.2 Å². The number of carbonyl (C=O) groups is 1. The highest BCUT2D eigenvalue weighted by Gasteiger charge is 2.27. The number of oxazole rings is 1. The molecule has 1 heterocycles. The van der Waals surface area contributed by atoms with E-state index in [2.05, 4.69) is 18.2 Å². The Kier molecular flexibility index (Phi) is 6.75. The second kappa shape index (κ2) is 10.4. The molecular formula is C30H27NO4. The number of aliphatic carboxylic acids is 1. The van der Waals surface area contributed by atoms with Crippen LogP contribution >= 0.6 is 0 Å². The number of carboxylic acids is 1. The third-order valence-electron chi connectivity index (χ3n) is 6.31. The van der Waals surface area contributed by atoms with Crippen molar-refractivity contribution in [2.45, 2.75) is 25.7 Å². The maximum atomic E-state index is 11.0. The van der Waals surface area contributed by atoms with Gasteiger partial charge in [-0.25, -0.2) is 9.78 Å². The standard InChI is InChI=1S/C30H27NO4/c32-27(33)20-34-26-18-10-8-16-24(26)19-23-15-7-9-17-25(23)30-31-28(21-11-3-1-4-12-21)29(35-30)22-13-5-2-6-14-22/h1-6,8,10-14,16-18,23H,7,9,15,19-20H2,(H,32,33). The highest BCUT2D eigenvalue weighted by Crippen LogP contribution is 2.40. The van der Waals surface area contributed by atoms with Gasteiger partial charge in [0.05, 0.1) is 0 Å². The van der Waals surface area contributed by atoms with Crippen LogP contribution in [0.5, 0.6) is 5.75 Å². The lowest BCUT2D eigenvalue weighted by molar-refractivity contribution is -0.139. The Labute approximate surface area is 204 Å². The number of ether oxygens (including phenoxy) is 1. The lowest BCUT2D eigenvalue weighted by Gasteiger charge is -2.23. The molecule has 0 aliphatic heterocycles. The Balaban J connectivity index is 1.50. The van der Waals surface area contributed by atoms with E-state index >= 15 is 0 Å². The summed E-state index contributed by atoms with van der Waals surface area (Å²) in [5, 5.41) is 9.04. The van der Waals surface area contributed by atoms with E-state index in [1.165, 1.54) is 0 Å². The van der Waals surface area contributed by atoms with Crippen molar-refractivity contribution in [2.75, 3.05) is 6.61 Å². The molecule has 0 bridgehead atoms. The summed E-state index contributed by atoms with van der Waals surface area (Å²) in [5.41, 5.74) is 4.93. The molecule has 0 saturated heterocycles. The Hall–Kier alpha value is -4.12. The van der Waals surface area contributed by atoms with Gasteiger partial charge in [-0.15, -0.1) is 0 Å². The fourth-order valence-electron chi connectivity index (χ4n) is 4.66. The van der Waals surface area contributed by atoms with E-state index in [0.717, 1.165) is 59.4 Å². The average Bonchev–Trinajstić information content (AvgIpc) is 3.35. The molecule has 176 valence electrons. The van der Waals surface area contributed by atoms with Crippen molar-refractivity contribution in [3.05, 3.63) is 102 Å². The molecule has 1 aromatic heterocycles. The number of aromatic nitrogens is 1. The fourth-order valence-corrected chi connectivity index (χ4v) is 4.66. The maximum absolute atomic E-state index is 11.0. The summed E-state index contributed by atoms with van der Waals surface area (Å²) >= 11 is 0. The Morgan fingerprint density at radius 2 is 1.63 bits per heavy atom. The zero-order chi connectivity index (χ0) is 24.0. The van der Waals surface area contributed by atoms with Crippen molar-refractivity contribution in [1.29, 1.82) is 0 Å². The molecule has 1 unspecified atom stereocenters. The van der Waals surface area contributed by atoms with Crippen molar-refractivity contribution in [1.82, 2.24) is 4.98 Å². The first-order valence-corrected chi connectivity index (χ1v) is 11.9. The molecule has 5 heteroatoms. The van der Waals surface area contributed by atoms with Crippen LogP contribution < -0.4 is 4.74 Å². The van der Waals surface area contributed by atoms with Crippen LogP contribution in [0.2, 0.25) is 0 Å². The molecule has 0 fully saturated rings. The van der Waals surface area contributed by atoms with Crippen LogP contribution in [-0.2, 0) is 11.2 Å². The average molecular weight is 466 g/mol. The second-order valence-corrected chi connectivity index (χ2v) is 8.71. The van der Waals surface area contributed by atoms with Crippen molar-refractivity contribution in [2.24, 2.45) is 5.92 Å². The largest absolute Gasteiger partial charge is 0.482 e. The molecule has 0 amide bonds. The third kappa shape index (κ3) is 5.19. The smallest absolute Gasteiger partial charge is 0.341 e. The topological polar surface area (TPSA) is 72.6 Å². The summed E-state index contributed by atoms with van der Waals surface area (Å²) in [5.74, 6) is 1.24. The maximum Gasteiger partial charge on any atom is 0.341 e. The van der Waals surface area contributed by atoms with Crippen LogP contribution in [0.4, 0.5) is 0 Å². The first-order valence-electron chi connectivity index (χ1n) is 11.9. The highest BCUT2D eigenvalue weighted by molar-refractivity contribution is 5.79. The summed E-state index contributed by atoms with van der Waals surface area (Å²) in [6.07, 6.45) is 6.04. The first-order chi connectivity index (χ1) is 17.2. The predicted octanol–water partition coefficient (Wildman–Crippen LogP) is 6.90. The molecule has 4 aromatic rings. The molecule has 0 radical (unpaired) electrons. The van der Waals surface area contributed by atoms with Gasteiger partial charge >= 0.3 is 5.97 Å². The molecular weight excluding hydrogens is 438 g/mol. The van der Waals surface area contributed by atoms with E-state index in [0.29, 0.717) is 11.6 Å². The molecule has 5 nitrogen and oxygen atoms in total. The minimum absolute atomic E-state index is 0.198. The van der Waals surface area contributed by atoms with Gasteiger partial charge in [-0.05, 0) is 43.2 Å². The molecule has 0 spiro atoms. The summed E-state index contributed by atoms with van der Waals surface area (Å²) in [4.78, 5) is 16.0. The zero-order valence-corrected chi connectivity index (χ0v) is 19.4. The number of hydrogen-bond donors (Lipinski definition) is 1. The predicted molar refractivity (Wildman–Crippen MR) is 136 cm³/mol. The van der Waals surface area contributed by atoms with Gasteiger partial charge in [-0.2, -0.15) is 0 Å². The minimum atomic E-state index is -0.986. The van der Waals surface area contributed by atoms with E-state index in [-0.39, 0.29) is 12.5 Å². The van der Waals surface area contributed by atoms with Gasteiger partial charge in [0.1, 0.15) is 11.4 Å². The number of benzene rings is 3. The molecule has 3 aromatic carbocycles. The molecule has 1 aliphatic rings. The Morgan fingerprint density at radius 3 is 2.37 bits per heavy atom. The number of nitrogens with zero attached hydrogens (tertiary/aromatic N) is 1. The number of hydrogen-bond acceptors (Lipinski definition) is 4. The molecule has 0 saturated carbocycles. The lowest BCUT2D eigenvalue weighted by Crippen LogP contribution is -2.14. The van der Waals surface area contributed by atoms with Gasteiger partial charge in [0.15, 0.2) is 12.4 Å².